The second-order valence-corrected chi connectivity index (χ2v) is 9.01. The van der Waals surface area contributed by atoms with Gasteiger partial charge in [-0.1, -0.05) is 26.0 Å². The van der Waals surface area contributed by atoms with Crippen molar-refractivity contribution in [2.75, 3.05) is 27.9 Å². The third kappa shape index (κ3) is 5.07. The van der Waals surface area contributed by atoms with Gasteiger partial charge < -0.3 is 18.4 Å². The highest BCUT2D eigenvalue weighted by Crippen LogP contribution is 2.46. The van der Waals surface area contributed by atoms with E-state index >= 15 is 0 Å². The summed E-state index contributed by atoms with van der Waals surface area (Å²) in [7, 11) is 4.98. The van der Waals surface area contributed by atoms with Gasteiger partial charge in [-0.05, 0) is 65.9 Å². The molecule has 0 fully saturated rings. The molecule has 0 saturated carbocycles. The minimum absolute atomic E-state index is 0.242. The average molecular weight is 498 g/mol. The van der Waals surface area contributed by atoms with Crippen molar-refractivity contribution in [1.82, 2.24) is 4.90 Å². The molecule has 0 N–H and O–H groups in total. The zero-order chi connectivity index (χ0) is 24.9. The molecule has 2 heterocycles. The Morgan fingerprint density at radius 1 is 0.886 bits per heavy atom. The third-order valence-corrected chi connectivity index (χ3v) is 7.14. The van der Waals surface area contributed by atoms with Crippen molar-refractivity contribution >= 4 is 12.0 Å². The highest BCUT2D eigenvalue weighted by Gasteiger charge is 2.35. The number of methoxy groups -OCH3 is 3. The first-order chi connectivity index (χ1) is 17.1. The lowest BCUT2D eigenvalue weighted by Crippen LogP contribution is -2.39. The standard InChI is InChI=1S/C26H26FNO4S.C2H6/c1-29-23-8-7-20-21(26(23)32-33-19-6-4-5-18(27)14-19)9-10-28-15-17-13-25(31-3)24(30-2)12-16(17)11-22(20)28;1-2/h4-8,12-14,22H,9-11,15H2,1-3H3;1-2H3. The SMILES string of the molecule is CC.COc1cc2c(cc1OC)CN1CCc3c(ccc(OC)c3OSc3cccc(F)c3)C1C2. The van der Waals surface area contributed by atoms with Crippen LogP contribution in [0.2, 0.25) is 0 Å². The maximum absolute atomic E-state index is 13.6. The largest absolute Gasteiger partial charge is 0.493 e. The first-order valence-electron chi connectivity index (χ1n) is 11.9. The molecule has 35 heavy (non-hydrogen) atoms. The van der Waals surface area contributed by atoms with Crippen LogP contribution in [0.1, 0.15) is 42.1 Å². The van der Waals surface area contributed by atoms with Crippen LogP contribution in [0, 0.1) is 5.82 Å². The fourth-order valence-electron chi connectivity index (χ4n) is 4.82. The number of fused-ring (bicyclic) bond motifs is 4. The van der Waals surface area contributed by atoms with Gasteiger partial charge in [0.15, 0.2) is 23.0 Å². The maximum atomic E-state index is 13.6. The quantitative estimate of drug-likeness (QED) is 0.357. The van der Waals surface area contributed by atoms with Crippen LogP contribution in [0.15, 0.2) is 53.4 Å². The lowest BCUT2D eigenvalue weighted by molar-refractivity contribution is 0.159. The fraction of sp³-hybridized carbons (Fsp3) is 0.357. The smallest absolute Gasteiger partial charge is 0.183 e. The molecular weight excluding hydrogens is 465 g/mol. The van der Waals surface area contributed by atoms with E-state index in [0.29, 0.717) is 10.6 Å². The van der Waals surface area contributed by atoms with E-state index in [4.69, 9.17) is 18.4 Å². The van der Waals surface area contributed by atoms with Gasteiger partial charge in [0.05, 0.1) is 38.3 Å². The molecular formula is C28H32FNO4S. The molecule has 3 aromatic carbocycles. The molecule has 1 unspecified atom stereocenters. The van der Waals surface area contributed by atoms with Gasteiger partial charge in [-0.15, -0.1) is 0 Å². The monoisotopic (exact) mass is 497 g/mol. The Morgan fingerprint density at radius 3 is 2.29 bits per heavy atom. The molecule has 0 aromatic heterocycles. The highest BCUT2D eigenvalue weighted by molar-refractivity contribution is 7.95. The van der Waals surface area contributed by atoms with Crippen LogP contribution in [-0.2, 0) is 19.4 Å². The minimum atomic E-state index is -0.283. The summed E-state index contributed by atoms with van der Waals surface area (Å²) in [6, 6.07) is 15.0. The maximum Gasteiger partial charge on any atom is 0.183 e. The van der Waals surface area contributed by atoms with Crippen molar-refractivity contribution in [3.8, 4) is 23.0 Å². The molecule has 0 saturated heterocycles. The Kier molecular flexibility index (Phi) is 8.08. The first kappa shape index (κ1) is 25.2. The molecule has 0 aliphatic carbocycles. The zero-order valence-corrected chi connectivity index (χ0v) is 21.7. The second kappa shape index (κ2) is 11.2. The van der Waals surface area contributed by atoms with Gasteiger partial charge in [-0.3, -0.25) is 4.90 Å². The molecule has 3 aromatic rings. The summed E-state index contributed by atoms with van der Waals surface area (Å²) in [6.07, 6.45) is 1.73. The van der Waals surface area contributed by atoms with Gasteiger partial charge in [0.1, 0.15) is 5.82 Å². The van der Waals surface area contributed by atoms with Crippen molar-refractivity contribution in [3.05, 3.63) is 76.6 Å². The van der Waals surface area contributed by atoms with Crippen molar-refractivity contribution in [2.24, 2.45) is 0 Å². The van der Waals surface area contributed by atoms with Crippen LogP contribution in [-0.4, -0.2) is 32.8 Å². The van der Waals surface area contributed by atoms with Gasteiger partial charge in [0.2, 0.25) is 0 Å². The fourth-order valence-corrected chi connectivity index (χ4v) is 5.47. The Hall–Kier alpha value is -2.90. The van der Waals surface area contributed by atoms with Gasteiger partial charge in [0, 0.05) is 24.7 Å². The first-order valence-corrected chi connectivity index (χ1v) is 12.6. The molecule has 1 atom stereocenters. The number of nitrogens with zero attached hydrogens (tertiary/aromatic N) is 1. The molecule has 2 aliphatic heterocycles. The molecule has 0 bridgehead atoms. The number of ether oxygens (including phenoxy) is 3. The molecule has 0 spiro atoms. The molecule has 0 radical (unpaired) electrons. The summed E-state index contributed by atoms with van der Waals surface area (Å²) in [5.74, 6) is 2.65. The van der Waals surface area contributed by atoms with E-state index in [1.807, 2.05) is 26.0 Å². The highest BCUT2D eigenvalue weighted by atomic mass is 32.2. The van der Waals surface area contributed by atoms with E-state index in [1.54, 1.807) is 27.4 Å². The lowest BCUT2D eigenvalue weighted by Gasteiger charge is -2.42. The number of rotatable bonds is 6. The van der Waals surface area contributed by atoms with Gasteiger partial charge in [-0.2, -0.15) is 0 Å². The van der Waals surface area contributed by atoms with E-state index in [-0.39, 0.29) is 11.9 Å². The molecule has 7 heteroatoms. The van der Waals surface area contributed by atoms with E-state index < -0.39 is 0 Å². The van der Waals surface area contributed by atoms with Gasteiger partial charge in [0.25, 0.3) is 0 Å². The Balaban J connectivity index is 0.00000141. The number of halogens is 1. The van der Waals surface area contributed by atoms with Crippen molar-refractivity contribution < 1.29 is 22.8 Å². The second-order valence-electron chi connectivity index (χ2n) is 8.21. The summed E-state index contributed by atoms with van der Waals surface area (Å²) in [6.45, 7) is 5.78. The lowest BCUT2D eigenvalue weighted by atomic mass is 9.83. The third-order valence-electron chi connectivity index (χ3n) is 6.44. The predicted molar refractivity (Wildman–Crippen MR) is 137 cm³/mol. The van der Waals surface area contributed by atoms with Crippen LogP contribution in [0.3, 0.4) is 0 Å². The number of hydrogen-bond donors (Lipinski definition) is 0. The van der Waals surface area contributed by atoms with Crippen LogP contribution in [0.4, 0.5) is 4.39 Å². The van der Waals surface area contributed by atoms with Gasteiger partial charge in [-0.25, -0.2) is 4.39 Å². The topological polar surface area (TPSA) is 40.2 Å². The predicted octanol–water partition coefficient (Wildman–Crippen LogP) is 6.62. The molecule has 5 nitrogen and oxygen atoms in total. The van der Waals surface area contributed by atoms with Crippen LogP contribution in [0.25, 0.3) is 0 Å². The Bertz CT molecular complexity index is 1190. The van der Waals surface area contributed by atoms with E-state index in [1.165, 1.54) is 28.8 Å². The molecule has 186 valence electrons. The van der Waals surface area contributed by atoms with Gasteiger partial charge >= 0.3 is 0 Å². The summed E-state index contributed by atoms with van der Waals surface area (Å²) < 4.78 is 36.4. The Morgan fingerprint density at radius 2 is 1.60 bits per heavy atom. The molecule has 2 aliphatic rings. The molecule has 5 rings (SSSR count). The van der Waals surface area contributed by atoms with E-state index in [0.717, 1.165) is 60.8 Å². The summed E-state index contributed by atoms with van der Waals surface area (Å²) in [5, 5.41) is 0. The number of hydrogen-bond acceptors (Lipinski definition) is 6. The zero-order valence-electron chi connectivity index (χ0n) is 20.9. The minimum Gasteiger partial charge on any atom is -0.493 e. The van der Waals surface area contributed by atoms with Crippen LogP contribution in [0.5, 0.6) is 23.0 Å². The van der Waals surface area contributed by atoms with E-state index in [2.05, 4.69) is 23.1 Å². The van der Waals surface area contributed by atoms with E-state index in [9.17, 15) is 4.39 Å². The van der Waals surface area contributed by atoms with Crippen molar-refractivity contribution in [3.63, 3.8) is 0 Å². The van der Waals surface area contributed by atoms with Crippen molar-refractivity contribution in [2.45, 2.75) is 44.2 Å². The Labute approximate surface area is 211 Å². The number of benzene rings is 3. The van der Waals surface area contributed by atoms with Crippen molar-refractivity contribution in [1.29, 1.82) is 0 Å². The molecule has 0 amide bonds. The summed E-state index contributed by atoms with van der Waals surface area (Å²) in [4.78, 5) is 3.21. The summed E-state index contributed by atoms with van der Waals surface area (Å²) in [5.41, 5.74) is 4.95. The van der Waals surface area contributed by atoms with Crippen LogP contribution < -0.4 is 18.4 Å². The normalized spacial score (nSPS) is 16.1. The van der Waals surface area contributed by atoms with Crippen LogP contribution >= 0.6 is 12.0 Å². The average Bonchev–Trinajstić information content (AvgIpc) is 2.90. The summed E-state index contributed by atoms with van der Waals surface area (Å²) >= 11 is 1.15.